The van der Waals surface area contributed by atoms with Gasteiger partial charge in [-0.05, 0) is 50.1 Å². The maximum absolute atomic E-state index is 12.5. The Kier molecular flexibility index (Phi) is 6.18. The first-order valence-electron chi connectivity index (χ1n) is 10.8. The van der Waals surface area contributed by atoms with E-state index in [0.29, 0.717) is 23.5 Å². The van der Waals surface area contributed by atoms with Gasteiger partial charge in [0, 0.05) is 18.0 Å². The van der Waals surface area contributed by atoms with Crippen LogP contribution >= 0.6 is 0 Å². The predicted octanol–water partition coefficient (Wildman–Crippen LogP) is 3.36. The third kappa shape index (κ3) is 4.15. The number of aliphatic imine (C=N–C) groups is 1. The predicted molar refractivity (Wildman–Crippen MR) is 131 cm³/mol. The van der Waals surface area contributed by atoms with Gasteiger partial charge in [0.2, 0.25) is 5.88 Å². The molecule has 0 aliphatic carbocycles. The molecule has 0 amide bonds. The molecule has 0 fully saturated rings. The summed E-state index contributed by atoms with van der Waals surface area (Å²) in [6.45, 7) is 5.81. The maximum atomic E-state index is 12.5. The van der Waals surface area contributed by atoms with Crippen LogP contribution in [0.15, 0.2) is 63.1 Å². The zero-order valence-corrected chi connectivity index (χ0v) is 19.4. The Labute approximate surface area is 195 Å². The number of aromatic nitrogens is 4. The quantitative estimate of drug-likeness (QED) is 0.429. The summed E-state index contributed by atoms with van der Waals surface area (Å²) in [6.07, 6.45) is 1.88. The maximum Gasteiger partial charge on any atom is 0.335 e. The van der Waals surface area contributed by atoms with Crippen molar-refractivity contribution >= 4 is 11.9 Å². The number of aromatic hydroxyl groups is 1. The molecule has 0 aliphatic heterocycles. The van der Waals surface area contributed by atoms with Crippen LogP contribution in [0.5, 0.6) is 11.6 Å². The van der Waals surface area contributed by atoms with Crippen LogP contribution in [-0.2, 0) is 6.42 Å². The van der Waals surface area contributed by atoms with Crippen molar-refractivity contribution in [2.45, 2.75) is 27.2 Å². The standard InChI is InChI=1S/C25H25N5O4/c1-5-17-8-6-7-9-20(17)29-24(32)19(23(31)27-25(29)33)14-26-18-10-11-21(22(13-18)34-4)30-16(3)12-15(2)28-30/h6-14,32H,5H2,1-4H3,(H,27,31,33). The zero-order chi connectivity index (χ0) is 24.4. The van der Waals surface area contributed by atoms with Gasteiger partial charge in [0.05, 0.1) is 24.2 Å². The lowest BCUT2D eigenvalue weighted by molar-refractivity contribution is 0.411. The molecule has 0 atom stereocenters. The second-order valence-corrected chi connectivity index (χ2v) is 7.77. The number of nitrogens with one attached hydrogen (secondary N) is 1. The SMILES string of the molecule is CCc1ccccc1-n1c(O)c(C=Nc2ccc(-n3nc(C)cc3C)c(OC)c2)c(=O)[nH]c1=O. The number of aromatic amines is 1. The molecule has 174 valence electrons. The molecule has 0 aliphatic rings. The zero-order valence-electron chi connectivity index (χ0n) is 19.4. The molecule has 9 heteroatoms. The van der Waals surface area contributed by atoms with Crippen molar-refractivity contribution in [3.8, 4) is 23.0 Å². The number of H-pyrrole nitrogens is 1. The number of hydrogen-bond donors (Lipinski definition) is 2. The Morgan fingerprint density at radius 2 is 1.88 bits per heavy atom. The van der Waals surface area contributed by atoms with Gasteiger partial charge >= 0.3 is 5.69 Å². The molecular weight excluding hydrogens is 434 g/mol. The minimum Gasteiger partial charge on any atom is -0.494 e. The normalized spacial score (nSPS) is 11.3. The Morgan fingerprint density at radius 3 is 2.56 bits per heavy atom. The van der Waals surface area contributed by atoms with Crippen LogP contribution in [0.25, 0.3) is 11.4 Å². The van der Waals surface area contributed by atoms with Crippen molar-refractivity contribution in [1.82, 2.24) is 19.3 Å². The van der Waals surface area contributed by atoms with Crippen LogP contribution in [-0.4, -0.2) is 37.8 Å². The summed E-state index contributed by atoms with van der Waals surface area (Å²) in [4.78, 5) is 31.6. The Hall–Kier alpha value is -4.40. The summed E-state index contributed by atoms with van der Waals surface area (Å²) in [5.41, 5.74) is 2.83. The second-order valence-electron chi connectivity index (χ2n) is 7.77. The highest BCUT2D eigenvalue weighted by Crippen LogP contribution is 2.29. The fraction of sp³-hybridized carbons (Fsp3) is 0.200. The fourth-order valence-electron chi connectivity index (χ4n) is 3.84. The molecular formula is C25H25N5O4. The van der Waals surface area contributed by atoms with Crippen LogP contribution in [0, 0.1) is 13.8 Å². The lowest BCUT2D eigenvalue weighted by Crippen LogP contribution is -2.31. The number of rotatable bonds is 6. The smallest absolute Gasteiger partial charge is 0.335 e. The van der Waals surface area contributed by atoms with Gasteiger partial charge in [-0.2, -0.15) is 5.10 Å². The van der Waals surface area contributed by atoms with Crippen LogP contribution in [0.3, 0.4) is 0 Å². The number of methoxy groups -OCH3 is 1. The molecule has 0 unspecified atom stereocenters. The largest absolute Gasteiger partial charge is 0.494 e. The van der Waals surface area contributed by atoms with E-state index in [9.17, 15) is 14.7 Å². The number of ether oxygens (including phenoxy) is 1. The minimum absolute atomic E-state index is 0.132. The van der Waals surface area contributed by atoms with Crippen molar-refractivity contribution in [1.29, 1.82) is 0 Å². The summed E-state index contributed by atoms with van der Waals surface area (Å²) in [5, 5.41) is 15.3. The van der Waals surface area contributed by atoms with Crippen molar-refractivity contribution in [3.05, 3.63) is 91.9 Å². The van der Waals surface area contributed by atoms with Gasteiger partial charge in [0.1, 0.15) is 17.0 Å². The molecule has 0 saturated heterocycles. The van der Waals surface area contributed by atoms with E-state index < -0.39 is 17.1 Å². The highest BCUT2D eigenvalue weighted by atomic mass is 16.5. The molecule has 2 N–H and O–H groups in total. The average Bonchev–Trinajstić information content (AvgIpc) is 3.16. The van der Waals surface area contributed by atoms with Crippen LogP contribution in [0.2, 0.25) is 0 Å². The molecule has 0 spiro atoms. The van der Waals surface area contributed by atoms with Gasteiger partial charge in [-0.25, -0.2) is 14.0 Å². The van der Waals surface area contributed by atoms with Crippen molar-refractivity contribution in [2.75, 3.05) is 7.11 Å². The van der Waals surface area contributed by atoms with Gasteiger partial charge in [0.25, 0.3) is 5.56 Å². The molecule has 9 nitrogen and oxygen atoms in total. The van der Waals surface area contributed by atoms with Crippen LogP contribution in [0.1, 0.15) is 29.4 Å². The van der Waals surface area contributed by atoms with Crippen molar-refractivity contribution < 1.29 is 9.84 Å². The van der Waals surface area contributed by atoms with Gasteiger partial charge < -0.3 is 9.84 Å². The van der Waals surface area contributed by atoms with Gasteiger partial charge in [-0.1, -0.05) is 25.1 Å². The first kappa shape index (κ1) is 22.8. The molecule has 2 heterocycles. The lowest BCUT2D eigenvalue weighted by atomic mass is 10.1. The molecule has 34 heavy (non-hydrogen) atoms. The fourth-order valence-corrected chi connectivity index (χ4v) is 3.84. The average molecular weight is 460 g/mol. The number of hydrogen-bond acceptors (Lipinski definition) is 6. The first-order valence-corrected chi connectivity index (χ1v) is 10.8. The highest BCUT2D eigenvalue weighted by Gasteiger charge is 2.16. The minimum atomic E-state index is -0.734. The van der Waals surface area contributed by atoms with E-state index in [1.807, 2.05) is 45.0 Å². The molecule has 0 saturated carbocycles. The lowest BCUT2D eigenvalue weighted by Gasteiger charge is -2.13. The van der Waals surface area contributed by atoms with E-state index >= 15 is 0 Å². The van der Waals surface area contributed by atoms with Crippen LogP contribution in [0.4, 0.5) is 5.69 Å². The van der Waals surface area contributed by atoms with Crippen LogP contribution < -0.4 is 16.0 Å². The van der Waals surface area contributed by atoms with Gasteiger partial charge in [-0.15, -0.1) is 0 Å². The third-order valence-electron chi connectivity index (χ3n) is 5.48. The molecule has 2 aromatic carbocycles. The molecule has 0 bridgehead atoms. The first-order chi connectivity index (χ1) is 16.3. The van der Waals surface area contributed by atoms with Gasteiger partial charge in [0.15, 0.2) is 0 Å². The molecule has 4 rings (SSSR count). The van der Waals surface area contributed by atoms with E-state index in [2.05, 4.69) is 15.1 Å². The van der Waals surface area contributed by atoms with Crippen molar-refractivity contribution in [3.63, 3.8) is 0 Å². The van der Waals surface area contributed by atoms with Crippen molar-refractivity contribution in [2.24, 2.45) is 4.99 Å². The van der Waals surface area contributed by atoms with E-state index in [4.69, 9.17) is 4.74 Å². The third-order valence-corrected chi connectivity index (χ3v) is 5.48. The summed E-state index contributed by atoms with van der Waals surface area (Å²) >= 11 is 0. The molecule has 0 radical (unpaired) electrons. The van der Waals surface area contributed by atoms with E-state index in [1.165, 1.54) is 6.21 Å². The Bertz CT molecular complexity index is 1510. The summed E-state index contributed by atoms with van der Waals surface area (Å²) in [6, 6.07) is 14.4. The monoisotopic (exact) mass is 459 g/mol. The topological polar surface area (TPSA) is 114 Å². The van der Waals surface area contributed by atoms with E-state index in [-0.39, 0.29) is 5.56 Å². The van der Waals surface area contributed by atoms with Gasteiger partial charge in [-0.3, -0.25) is 14.8 Å². The summed E-state index contributed by atoms with van der Waals surface area (Å²) < 4.78 is 8.38. The van der Waals surface area contributed by atoms with E-state index in [0.717, 1.165) is 27.2 Å². The van der Waals surface area contributed by atoms with E-state index in [1.54, 1.807) is 36.1 Å². The number of benzene rings is 2. The molecule has 2 aromatic heterocycles. The summed E-state index contributed by atoms with van der Waals surface area (Å²) in [5.74, 6) is 0.0606. The number of nitrogens with zero attached hydrogens (tertiary/aromatic N) is 4. The molecule has 4 aromatic rings. The number of aryl methyl sites for hydroxylation is 3. The Balaban J connectivity index is 1.77. The highest BCUT2D eigenvalue weighted by molar-refractivity contribution is 5.84. The Morgan fingerprint density at radius 1 is 1.12 bits per heavy atom. The summed E-state index contributed by atoms with van der Waals surface area (Å²) in [7, 11) is 1.55. The number of para-hydroxylation sites is 1. The second kappa shape index (κ2) is 9.22.